The highest BCUT2D eigenvalue weighted by Gasteiger charge is 2.41. The molecule has 0 heterocycles. The Morgan fingerprint density at radius 3 is 1.89 bits per heavy atom. The highest BCUT2D eigenvalue weighted by molar-refractivity contribution is 7.91. The summed E-state index contributed by atoms with van der Waals surface area (Å²) in [5, 5.41) is 0. The third kappa shape index (κ3) is 2.89. The third-order valence-corrected chi connectivity index (χ3v) is 12.2. The lowest BCUT2D eigenvalue weighted by molar-refractivity contribution is -0.111. The third-order valence-electron chi connectivity index (χ3n) is 3.84. The van der Waals surface area contributed by atoms with Crippen molar-refractivity contribution >= 4 is 24.7 Å². The molecule has 0 saturated heterocycles. The SMILES string of the molecule is CC[Si](CC)(CC)N(C=O)S(=O)(=O)c1ccccc1. The fourth-order valence-electron chi connectivity index (χ4n) is 2.35. The standard InChI is InChI=1S/C13H21NO3SSi/c1-4-19(5-2,6-3)14(12-15)18(16,17)13-10-8-7-9-11-13/h7-12H,4-6H2,1-3H3. The number of hydrogen-bond donors (Lipinski definition) is 0. The molecule has 0 aromatic heterocycles. The van der Waals surface area contributed by atoms with Crippen molar-refractivity contribution in [2.24, 2.45) is 0 Å². The molecule has 0 atom stereocenters. The molecule has 0 unspecified atom stereocenters. The molecule has 19 heavy (non-hydrogen) atoms. The van der Waals surface area contributed by atoms with Gasteiger partial charge in [0.15, 0.2) is 8.24 Å². The molecule has 0 spiro atoms. The van der Waals surface area contributed by atoms with E-state index < -0.39 is 18.3 Å². The Morgan fingerprint density at radius 1 is 1.05 bits per heavy atom. The highest BCUT2D eigenvalue weighted by Crippen LogP contribution is 2.29. The van der Waals surface area contributed by atoms with Gasteiger partial charge < -0.3 is 0 Å². The van der Waals surface area contributed by atoms with Crippen LogP contribution in [0.15, 0.2) is 35.2 Å². The first kappa shape index (κ1) is 15.9. The first-order chi connectivity index (χ1) is 8.98. The monoisotopic (exact) mass is 299 g/mol. The summed E-state index contributed by atoms with van der Waals surface area (Å²) in [6.07, 6.45) is 0.505. The van der Waals surface area contributed by atoms with Crippen molar-refractivity contribution in [2.75, 3.05) is 0 Å². The van der Waals surface area contributed by atoms with Crippen molar-refractivity contribution in [3.63, 3.8) is 0 Å². The second-order valence-electron chi connectivity index (χ2n) is 4.50. The molecule has 0 aliphatic rings. The summed E-state index contributed by atoms with van der Waals surface area (Å²) in [5.41, 5.74) is 0. The van der Waals surface area contributed by atoms with Gasteiger partial charge in [0.05, 0.1) is 4.90 Å². The van der Waals surface area contributed by atoms with Gasteiger partial charge in [-0.1, -0.05) is 39.0 Å². The molecule has 0 aliphatic carbocycles. The lowest BCUT2D eigenvalue weighted by Gasteiger charge is -2.36. The summed E-state index contributed by atoms with van der Waals surface area (Å²) in [6.45, 7) is 5.91. The van der Waals surface area contributed by atoms with Gasteiger partial charge in [0.2, 0.25) is 6.41 Å². The predicted octanol–water partition coefficient (Wildman–Crippen LogP) is 2.84. The van der Waals surface area contributed by atoms with Crippen LogP contribution < -0.4 is 0 Å². The maximum Gasteiger partial charge on any atom is 0.258 e. The van der Waals surface area contributed by atoms with Gasteiger partial charge in [0.1, 0.15) is 0 Å². The van der Waals surface area contributed by atoms with Gasteiger partial charge in [0.25, 0.3) is 10.0 Å². The number of nitrogens with zero attached hydrogens (tertiary/aromatic N) is 1. The Labute approximate surface area is 116 Å². The topological polar surface area (TPSA) is 54.5 Å². The van der Waals surface area contributed by atoms with E-state index in [9.17, 15) is 13.2 Å². The molecule has 0 bridgehead atoms. The van der Waals surface area contributed by atoms with Crippen molar-refractivity contribution in [2.45, 2.75) is 43.8 Å². The maximum atomic E-state index is 12.6. The first-order valence-corrected chi connectivity index (χ1v) is 10.5. The van der Waals surface area contributed by atoms with Crippen LogP contribution in [0.3, 0.4) is 0 Å². The van der Waals surface area contributed by atoms with E-state index in [1.807, 2.05) is 20.8 Å². The number of carbonyl (C=O) groups is 1. The molecule has 4 nitrogen and oxygen atoms in total. The van der Waals surface area contributed by atoms with Gasteiger partial charge >= 0.3 is 0 Å². The summed E-state index contributed by atoms with van der Waals surface area (Å²) in [5.74, 6) is 0. The second-order valence-corrected chi connectivity index (χ2v) is 11.7. The van der Waals surface area contributed by atoms with Crippen molar-refractivity contribution in [1.29, 1.82) is 0 Å². The summed E-state index contributed by atoms with van der Waals surface area (Å²) in [4.78, 5) is 11.6. The fourth-order valence-corrected chi connectivity index (χ4v) is 9.36. The van der Waals surface area contributed by atoms with E-state index in [1.54, 1.807) is 18.2 Å². The van der Waals surface area contributed by atoms with E-state index in [-0.39, 0.29) is 4.90 Å². The van der Waals surface area contributed by atoms with Gasteiger partial charge in [-0.25, -0.2) is 8.42 Å². The van der Waals surface area contributed by atoms with Crippen molar-refractivity contribution in [3.05, 3.63) is 30.3 Å². The van der Waals surface area contributed by atoms with E-state index in [1.165, 1.54) is 12.1 Å². The number of rotatable bonds is 7. The van der Waals surface area contributed by atoms with E-state index in [2.05, 4.69) is 0 Å². The summed E-state index contributed by atoms with van der Waals surface area (Å²) >= 11 is 0. The Hall–Kier alpha value is -1.14. The molecule has 0 radical (unpaired) electrons. The Kier molecular flexibility index (Phi) is 5.31. The largest absolute Gasteiger partial charge is 0.278 e. The molecule has 0 fully saturated rings. The van der Waals surface area contributed by atoms with Crippen LogP contribution in [0.2, 0.25) is 18.1 Å². The molecule has 106 valence electrons. The fraction of sp³-hybridized carbons (Fsp3) is 0.462. The summed E-state index contributed by atoms with van der Waals surface area (Å²) in [6, 6.07) is 10.4. The normalized spacial score (nSPS) is 12.2. The van der Waals surface area contributed by atoms with Crippen molar-refractivity contribution < 1.29 is 13.2 Å². The molecule has 0 N–H and O–H groups in total. The van der Waals surface area contributed by atoms with Gasteiger partial charge in [-0.3, -0.25) is 8.77 Å². The quantitative estimate of drug-likeness (QED) is 0.574. The van der Waals surface area contributed by atoms with Gasteiger partial charge in [-0.2, -0.15) is 0 Å². The van der Waals surface area contributed by atoms with Crippen LogP contribution in [0.5, 0.6) is 0 Å². The zero-order valence-electron chi connectivity index (χ0n) is 11.7. The van der Waals surface area contributed by atoms with Crippen LogP contribution in [-0.2, 0) is 14.8 Å². The van der Waals surface area contributed by atoms with Crippen LogP contribution in [-0.4, -0.2) is 27.0 Å². The molecular formula is C13H21NO3SSi. The van der Waals surface area contributed by atoms with Crippen LogP contribution >= 0.6 is 0 Å². The second kappa shape index (κ2) is 6.34. The Morgan fingerprint density at radius 2 is 1.53 bits per heavy atom. The average molecular weight is 299 g/mol. The summed E-state index contributed by atoms with van der Waals surface area (Å²) < 4.78 is 26.4. The zero-order chi connectivity index (χ0) is 14.5. The zero-order valence-corrected chi connectivity index (χ0v) is 13.5. The van der Waals surface area contributed by atoms with Crippen molar-refractivity contribution in [3.8, 4) is 0 Å². The van der Waals surface area contributed by atoms with Gasteiger partial charge in [0, 0.05) is 0 Å². The predicted molar refractivity (Wildman–Crippen MR) is 78.7 cm³/mol. The molecule has 1 rings (SSSR count). The molecule has 1 amide bonds. The number of sulfonamides is 1. The van der Waals surface area contributed by atoms with E-state index >= 15 is 0 Å². The Balaban J connectivity index is 3.34. The molecule has 1 aromatic rings. The maximum absolute atomic E-state index is 12.6. The summed E-state index contributed by atoms with van der Waals surface area (Å²) in [7, 11) is -6.01. The number of carbonyl (C=O) groups excluding carboxylic acids is 1. The van der Waals surface area contributed by atoms with Gasteiger partial charge in [-0.15, -0.1) is 0 Å². The molecular weight excluding hydrogens is 278 g/mol. The number of amides is 1. The minimum Gasteiger partial charge on any atom is -0.278 e. The van der Waals surface area contributed by atoms with E-state index in [0.29, 0.717) is 6.41 Å². The van der Waals surface area contributed by atoms with Crippen molar-refractivity contribution in [1.82, 2.24) is 3.97 Å². The van der Waals surface area contributed by atoms with Crippen LogP contribution in [0, 0.1) is 0 Å². The molecule has 0 aliphatic heterocycles. The smallest absolute Gasteiger partial charge is 0.258 e. The molecule has 1 aromatic carbocycles. The molecule has 0 saturated carbocycles. The lowest BCUT2D eigenvalue weighted by atomic mass is 10.4. The minimum absolute atomic E-state index is 0.189. The van der Waals surface area contributed by atoms with E-state index in [4.69, 9.17) is 0 Å². The van der Waals surface area contributed by atoms with Crippen LogP contribution in [0.4, 0.5) is 0 Å². The Bertz CT molecular complexity index is 504. The van der Waals surface area contributed by atoms with Gasteiger partial charge in [-0.05, 0) is 30.3 Å². The molecule has 6 heteroatoms. The average Bonchev–Trinajstić information content (AvgIpc) is 2.45. The van der Waals surface area contributed by atoms with E-state index in [0.717, 1.165) is 22.1 Å². The van der Waals surface area contributed by atoms with Crippen LogP contribution in [0.1, 0.15) is 20.8 Å². The minimum atomic E-state index is -3.72. The number of benzene rings is 1. The van der Waals surface area contributed by atoms with Crippen LogP contribution in [0.25, 0.3) is 0 Å². The number of hydrogen-bond acceptors (Lipinski definition) is 3. The lowest BCUT2D eigenvalue weighted by Crippen LogP contribution is -2.54. The highest BCUT2D eigenvalue weighted by atomic mass is 32.2. The first-order valence-electron chi connectivity index (χ1n) is 6.53.